The fraction of sp³-hybridized carbons (Fsp3) is 0.0714. The SMILES string of the molecule is COc1cc(/C=N\Nc2ccccc2)cc(I)c1O. The monoisotopic (exact) mass is 368 g/mol. The van der Waals surface area contributed by atoms with Gasteiger partial charge in [-0.1, -0.05) is 18.2 Å². The van der Waals surface area contributed by atoms with Crippen LogP contribution in [0.15, 0.2) is 47.6 Å². The summed E-state index contributed by atoms with van der Waals surface area (Å²) >= 11 is 2.05. The molecule has 98 valence electrons. The molecule has 0 aliphatic carbocycles. The van der Waals surface area contributed by atoms with Gasteiger partial charge in [-0.25, -0.2) is 0 Å². The summed E-state index contributed by atoms with van der Waals surface area (Å²) in [6.07, 6.45) is 1.68. The average Bonchev–Trinajstić information content (AvgIpc) is 2.43. The number of halogens is 1. The van der Waals surface area contributed by atoms with Crippen molar-refractivity contribution in [1.29, 1.82) is 0 Å². The van der Waals surface area contributed by atoms with Gasteiger partial charge in [0.25, 0.3) is 0 Å². The summed E-state index contributed by atoms with van der Waals surface area (Å²) in [5, 5.41) is 13.9. The van der Waals surface area contributed by atoms with E-state index in [9.17, 15) is 5.11 Å². The fourth-order valence-corrected chi connectivity index (χ4v) is 2.14. The van der Waals surface area contributed by atoms with E-state index >= 15 is 0 Å². The van der Waals surface area contributed by atoms with Gasteiger partial charge in [0.1, 0.15) is 0 Å². The van der Waals surface area contributed by atoms with E-state index in [0.29, 0.717) is 5.75 Å². The van der Waals surface area contributed by atoms with Crippen molar-refractivity contribution in [3.8, 4) is 11.5 Å². The molecule has 0 aliphatic heterocycles. The molecule has 2 rings (SSSR count). The summed E-state index contributed by atoms with van der Waals surface area (Å²) in [5.41, 5.74) is 4.69. The second-order valence-electron chi connectivity index (χ2n) is 3.79. The summed E-state index contributed by atoms with van der Waals surface area (Å²) in [7, 11) is 1.52. The van der Waals surface area contributed by atoms with Crippen LogP contribution in [0.5, 0.6) is 11.5 Å². The zero-order chi connectivity index (χ0) is 13.7. The van der Waals surface area contributed by atoms with Gasteiger partial charge in [0.15, 0.2) is 11.5 Å². The van der Waals surface area contributed by atoms with Crippen LogP contribution in [-0.2, 0) is 0 Å². The number of nitrogens with one attached hydrogen (secondary N) is 1. The summed E-state index contributed by atoms with van der Waals surface area (Å²) in [4.78, 5) is 0. The smallest absolute Gasteiger partial charge is 0.171 e. The number of methoxy groups -OCH3 is 1. The number of para-hydroxylation sites is 1. The Morgan fingerprint density at radius 2 is 2.00 bits per heavy atom. The van der Waals surface area contributed by atoms with Crippen LogP contribution in [0.2, 0.25) is 0 Å². The van der Waals surface area contributed by atoms with Gasteiger partial charge in [-0.05, 0) is 52.4 Å². The first-order chi connectivity index (χ1) is 9.20. The van der Waals surface area contributed by atoms with Crippen molar-refractivity contribution in [1.82, 2.24) is 0 Å². The molecule has 2 N–H and O–H groups in total. The summed E-state index contributed by atoms with van der Waals surface area (Å²) in [6, 6.07) is 13.2. The Bertz CT molecular complexity index is 585. The van der Waals surface area contributed by atoms with Crippen molar-refractivity contribution in [2.45, 2.75) is 0 Å². The molecule has 0 saturated carbocycles. The van der Waals surface area contributed by atoms with Crippen molar-refractivity contribution in [2.75, 3.05) is 12.5 Å². The second-order valence-corrected chi connectivity index (χ2v) is 4.95. The van der Waals surface area contributed by atoms with Crippen molar-refractivity contribution in [2.24, 2.45) is 5.10 Å². The van der Waals surface area contributed by atoms with Gasteiger partial charge in [-0.15, -0.1) is 0 Å². The van der Waals surface area contributed by atoms with Crippen LogP contribution >= 0.6 is 22.6 Å². The van der Waals surface area contributed by atoms with Crippen LogP contribution in [0.4, 0.5) is 5.69 Å². The third-order valence-corrected chi connectivity index (χ3v) is 3.27. The van der Waals surface area contributed by atoms with Crippen molar-refractivity contribution < 1.29 is 9.84 Å². The molecular formula is C14H13IN2O2. The number of benzene rings is 2. The molecule has 0 amide bonds. The van der Waals surface area contributed by atoms with Crippen LogP contribution in [-0.4, -0.2) is 18.4 Å². The molecule has 0 radical (unpaired) electrons. The molecule has 4 nitrogen and oxygen atoms in total. The lowest BCUT2D eigenvalue weighted by Crippen LogP contribution is -1.93. The first-order valence-electron chi connectivity index (χ1n) is 5.61. The molecule has 0 atom stereocenters. The lowest BCUT2D eigenvalue weighted by atomic mass is 10.2. The molecule has 19 heavy (non-hydrogen) atoms. The number of anilines is 1. The predicted octanol–water partition coefficient (Wildman–Crippen LogP) is 3.45. The zero-order valence-corrected chi connectivity index (χ0v) is 12.5. The Balaban J connectivity index is 2.13. The maximum atomic E-state index is 9.73. The maximum Gasteiger partial charge on any atom is 0.171 e. The summed E-state index contributed by atoms with van der Waals surface area (Å²) in [6.45, 7) is 0. The molecule has 0 saturated heterocycles. The Morgan fingerprint density at radius 3 is 2.68 bits per heavy atom. The lowest BCUT2D eigenvalue weighted by molar-refractivity contribution is 0.371. The third kappa shape index (κ3) is 3.60. The Hall–Kier alpha value is -1.76. The molecule has 0 fully saturated rings. The van der Waals surface area contributed by atoms with Gasteiger partial charge in [-0.3, -0.25) is 5.43 Å². The van der Waals surface area contributed by atoms with Crippen LogP contribution < -0.4 is 10.2 Å². The predicted molar refractivity (Wildman–Crippen MR) is 85.0 cm³/mol. The highest BCUT2D eigenvalue weighted by Crippen LogP contribution is 2.31. The molecule has 0 aromatic heterocycles. The minimum atomic E-state index is 0.149. The molecule has 0 heterocycles. The first kappa shape index (κ1) is 13.7. The molecule has 0 aliphatic rings. The van der Waals surface area contributed by atoms with Crippen LogP contribution in [0.3, 0.4) is 0 Å². The number of aromatic hydroxyl groups is 1. The van der Waals surface area contributed by atoms with E-state index in [0.717, 1.165) is 14.8 Å². The highest BCUT2D eigenvalue weighted by Gasteiger charge is 2.07. The normalized spacial score (nSPS) is 10.6. The van der Waals surface area contributed by atoms with Gasteiger partial charge >= 0.3 is 0 Å². The fourth-order valence-electron chi connectivity index (χ4n) is 1.52. The second kappa shape index (κ2) is 6.42. The number of rotatable bonds is 4. The first-order valence-corrected chi connectivity index (χ1v) is 6.69. The molecular weight excluding hydrogens is 355 g/mol. The van der Waals surface area contributed by atoms with Gasteiger partial charge < -0.3 is 9.84 Å². The molecule has 2 aromatic rings. The highest BCUT2D eigenvalue weighted by atomic mass is 127. The highest BCUT2D eigenvalue weighted by molar-refractivity contribution is 14.1. The van der Waals surface area contributed by atoms with Crippen molar-refractivity contribution in [3.05, 3.63) is 51.6 Å². The Labute approximate surface area is 125 Å². The lowest BCUT2D eigenvalue weighted by Gasteiger charge is -2.06. The van der Waals surface area contributed by atoms with Crippen LogP contribution in [0.25, 0.3) is 0 Å². The van der Waals surface area contributed by atoms with Gasteiger partial charge in [0.05, 0.1) is 22.6 Å². The standard InChI is InChI=1S/C14H13IN2O2/c1-19-13-8-10(7-12(15)14(13)18)9-16-17-11-5-3-2-4-6-11/h2-9,17-18H,1H3/b16-9-. The van der Waals surface area contributed by atoms with Gasteiger partial charge in [-0.2, -0.15) is 5.10 Å². The number of nitrogens with zero attached hydrogens (tertiary/aromatic N) is 1. The number of hydrogen-bond donors (Lipinski definition) is 2. The number of hydrogen-bond acceptors (Lipinski definition) is 4. The molecule has 0 spiro atoms. The van der Waals surface area contributed by atoms with E-state index in [1.807, 2.05) is 36.4 Å². The van der Waals surface area contributed by atoms with E-state index in [4.69, 9.17) is 4.74 Å². The Kier molecular flexibility index (Phi) is 4.62. The topological polar surface area (TPSA) is 53.8 Å². The molecule has 5 heteroatoms. The molecule has 0 unspecified atom stereocenters. The number of phenols is 1. The quantitative estimate of drug-likeness (QED) is 0.494. The summed E-state index contributed by atoms with van der Waals surface area (Å²) in [5.74, 6) is 0.587. The summed E-state index contributed by atoms with van der Waals surface area (Å²) < 4.78 is 5.81. The zero-order valence-electron chi connectivity index (χ0n) is 10.3. The molecule has 0 bridgehead atoms. The van der Waals surface area contributed by atoms with Crippen molar-refractivity contribution >= 4 is 34.5 Å². The third-order valence-electron chi connectivity index (χ3n) is 2.45. The molecule has 2 aromatic carbocycles. The number of phenolic OH excluding ortho intramolecular Hbond substituents is 1. The Morgan fingerprint density at radius 1 is 1.26 bits per heavy atom. The van der Waals surface area contributed by atoms with Gasteiger partial charge in [0.2, 0.25) is 0 Å². The largest absolute Gasteiger partial charge is 0.504 e. The minimum absolute atomic E-state index is 0.149. The van der Waals surface area contributed by atoms with E-state index in [1.165, 1.54) is 7.11 Å². The maximum absolute atomic E-state index is 9.73. The van der Waals surface area contributed by atoms with Crippen molar-refractivity contribution in [3.63, 3.8) is 0 Å². The van der Waals surface area contributed by atoms with E-state index in [1.54, 1.807) is 12.3 Å². The van der Waals surface area contributed by atoms with Crippen LogP contribution in [0, 0.1) is 3.57 Å². The van der Waals surface area contributed by atoms with Gasteiger partial charge in [0, 0.05) is 0 Å². The average molecular weight is 368 g/mol. The van der Waals surface area contributed by atoms with E-state index < -0.39 is 0 Å². The van der Waals surface area contributed by atoms with E-state index in [2.05, 4.69) is 33.1 Å². The van der Waals surface area contributed by atoms with Crippen LogP contribution in [0.1, 0.15) is 5.56 Å². The van der Waals surface area contributed by atoms with E-state index in [-0.39, 0.29) is 5.75 Å². The number of hydrazone groups is 1. The minimum Gasteiger partial charge on any atom is -0.504 e. The number of ether oxygens (including phenoxy) is 1.